The number of ether oxygens (including phenoxy) is 4. The molecule has 13 nitrogen and oxygen atoms in total. The van der Waals surface area contributed by atoms with Gasteiger partial charge in [0.25, 0.3) is 5.82 Å². The van der Waals surface area contributed by atoms with E-state index in [1.807, 2.05) is 0 Å². The third-order valence-electron chi connectivity index (χ3n) is 5.05. The zero-order valence-electron chi connectivity index (χ0n) is 20.3. The smallest absolute Gasteiger partial charge is 0.383 e. The van der Waals surface area contributed by atoms with Crippen LogP contribution in [0.3, 0.4) is 0 Å². The predicted octanol–water partition coefficient (Wildman–Crippen LogP) is 2.61. The van der Waals surface area contributed by atoms with Crippen molar-refractivity contribution in [3.63, 3.8) is 0 Å². The SMILES string of the molecule is O=C(Oc1ccc(OC(=O)c2nc(C(=O)Oc3ccccc3)n[nH]2)cc1)C1=NC(C(=O)Oc2ccccc2)=NC1. The fourth-order valence-electron chi connectivity index (χ4n) is 3.19. The number of hydrogen-bond acceptors (Lipinski definition) is 12. The number of esters is 4. The Kier molecular flexibility index (Phi) is 7.44. The highest BCUT2D eigenvalue weighted by Crippen LogP contribution is 2.19. The van der Waals surface area contributed by atoms with Gasteiger partial charge in [0.2, 0.25) is 11.7 Å². The number of hydrogen-bond donors (Lipinski definition) is 1. The molecule has 1 aromatic heterocycles. The molecule has 40 heavy (non-hydrogen) atoms. The van der Waals surface area contributed by atoms with Crippen LogP contribution < -0.4 is 18.9 Å². The molecule has 0 spiro atoms. The van der Waals surface area contributed by atoms with E-state index in [1.165, 1.54) is 24.3 Å². The molecule has 2 heterocycles. The van der Waals surface area contributed by atoms with Crippen LogP contribution in [0.5, 0.6) is 23.0 Å². The van der Waals surface area contributed by atoms with E-state index in [4.69, 9.17) is 18.9 Å². The summed E-state index contributed by atoms with van der Waals surface area (Å²) in [5, 5.41) is 6.00. The van der Waals surface area contributed by atoms with Crippen LogP contribution in [0, 0.1) is 0 Å². The summed E-state index contributed by atoms with van der Waals surface area (Å²) in [5.41, 5.74) is -0.0811. The number of amidine groups is 1. The molecule has 0 amide bonds. The van der Waals surface area contributed by atoms with Crippen LogP contribution in [-0.4, -0.2) is 57.2 Å². The quantitative estimate of drug-likeness (QED) is 0.259. The second-order valence-corrected chi connectivity index (χ2v) is 7.86. The first-order valence-electron chi connectivity index (χ1n) is 11.6. The maximum absolute atomic E-state index is 12.4. The summed E-state index contributed by atoms with van der Waals surface area (Å²) >= 11 is 0. The van der Waals surface area contributed by atoms with Gasteiger partial charge in [-0.25, -0.2) is 24.2 Å². The normalized spacial score (nSPS) is 12.1. The fraction of sp³-hybridized carbons (Fsp3) is 0.0370. The zero-order chi connectivity index (χ0) is 27.9. The minimum Gasteiger partial charge on any atom is -0.422 e. The maximum Gasteiger partial charge on any atom is 0.383 e. The molecular formula is C27H17N5O8. The Balaban J connectivity index is 1.13. The number of carbonyl (C=O) groups is 4. The summed E-state index contributed by atoms with van der Waals surface area (Å²) in [5.74, 6) is -3.47. The standard InChI is InChI=1S/C27H17N5O8/c33-24(20-15-28-21(29-20)25(34)38-16-7-3-1-4-8-16)37-18-11-13-19(14-12-18)40-27(36)23-30-22(31-32-23)26(35)39-17-9-5-2-6-10-17/h1-14H,15H2,(H,30,31,32). The molecule has 1 aliphatic heterocycles. The fourth-order valence-corrected chi connectivity index (χ4v) is 3.19. The van der Waals surface area contributed by atoms with Gasteiger partial charge in [0.1, 0.15) is 28.7 Å². The van der Waals surface area contributed by atoms with E-state index in [2.05, 4.69) is 25.2 Å². The Morgan fingerprint density at radius 3 is 1.70 bits per heavy atom. The summed E-state index contributed by atoms with van der Waals surface area (Å²) in [4.78, 5) is 60.8. The molecule has 0 atom stereocenters. The van der Waals surface area contributed by atoms with Gasteiger partial charge < -0.3 is 18.9 Å². The van der Waals surface area contributed by atoms with Crippen LogP contribution in [-0.2, 0) is 9.59 Å². The Bertz CT molecular complexity index is 1630. The van der Waals surface area contributed by atoms with Crippen LogP contribution in [0.25, 0.3) is 0 Å². The molecule has 5 rings (SSSR count). The van der Waals surface area contributed by atoms with E-state index in [-0.39, 0.29) is 41.2 Å². The molecule has 0 radical (unpaired) electrons. The molecule has 1 aliphatic rings. The highest BCUT2D eigenvalue weighted by atomic mass is 16.6. The van der Waals surface area contributed by atoms with Gasteiger partial charge in [-0.3, -0.25) is 10.1 Å². The topological polar surface area (TPSA) is 171 Å². The Morgan fingerprint density at radius 1 is 0.600 bits per heavy atom. The summed E-state index contributed by atoms with van der Waals surface area (Å²) in [7, 11) is 0. The molecule has 0 bridgehead atoms. The van der Waals surface area contributed by atoms with Gasteiger partial charge in [0, 0.05) is 0 Å². The molecule has 0 saturated carbocycles. The van der Waals surface area contributed by atoms with Crippen molar-refractivity contribution in [1.82, 2.24) is 15.2 Å². The molecule has 0 saturated heterocycles. The van der Waals surface area contributed by atoms with Gasteiger partial charge in [-0.05, 0) is 48.5 Å². The zero-order valence-corrected chi connectivity index (χ0v) is 20.3. The van der Waals surface area contributed by atoms with E-state index in [0.717, 1.165) is 0 Å². The van der Waals surface area contributed by atoms with Crippen LogP contribution >= 0.6 is 0 Å². The van der Waals surface area contributed by atoms with E-state index < -0.39 is 23.9 Å². The molecule has 13 heteroatoms. The van der Waals surface area contributed by atoms with Crippen molar-refractivity contribution in [3.05, 3.63) is 96.6 Å². The van der Waals surface area contributed by atoms with Crippen molar-refractivity contribution in [3.8, 4) is 23.0 Å². The van der Waals surface area contributed by atoms with E-state index >= 15 is 0 Å². The van der Waals surface area contributed by atoms with Crippen LogP contribution in [0.1, 0.15) is 21.2 Å². The average molecular weight is 539 g/mol. The van der Waals surface area contributed by atoms with Gasteiger partial charge >= 0.3 is 23.9 Å². The summed E-state index contributed by atoms with van der Waals surface area (Å²) in [6.07, 6.45) is 0. The van der Waals surface area contributed by atoms with Crippen LogP contribution in [0.4, 0.5) is 0 Å². The number of nitrogens with one attached hydrogen (secondary N) is 1. The molecule has 0 fully saturated rings. The van der Waals surface area contributed by atoms with E-state index in [0.29, 0.717) is 11.5 Å². The van der Waals surface area contributed by atoms with Crippen molar-refractivity contribution >= 4 is 35.4 Å². The molecule has 1 N–H and O–H groups in total. The number of aromatic amines is 1. The maximum atomic E-state index is 12.4. The lowest BCUT2D eigenvalue weighted by molar-refractivity contribution is -0.127. The summed E-state index contributed by atoms with van der Waals surface area (Å²) < 4.78 is 20.7. The second kappa shape index (κ2) is 11.6. The number of aromatic nitrogens is 3. The third kappa shape index (κ3) is 6.28. The van der Waals surface area contributed by atoms with Crippen LogP contribution in [0.2, 0.25) is 0 Å². The molecule has 198 valence electrons. The largest absolute Gasteiger partial charge is 0.422 e. The lowest BCUT2D eigenvalue weighted by Crippen LogP contribution is -2.22. The highest BCUT2D eigenvalue weighted by molar-refractivity contribution is 6.48. The number of para-hydroxylation sites is 2. The molecular weight excluding hydrogens is 522 g/mol. The van der Waals surface area contributed by atoms with Gasteiger partial charge in [0.15, 0.2) is 0 Å². The van der Waals surface area contributed by atoms with Gasteiger partial charge in [-0.15, -0.1) is 5.10 Å². The second-order valence-electron chi connectivity index (χ2n) is 7.86. The Hall–Kier alpha value is -5.98. The molecule has 3 aromatic carbocycles. The number of rotatable bonds is 8. The van der Waals surface area contributed by atoms with Gasteiger partial charge in [0.05, 0.1) is 6.54 Å². The van der Waals surface area contributed by atoms with Crippen molar-refractivity contribution in [2.75, 3.05) is 6.54 Å². The highest BCUT2D eigenvalue weighted by Gasteiger charge is 2.25. The van der Waals surface area contributed by atoms with Crippen molar-refractivity contribution in [2.24, 2.45) is 9.98 Å². The van der Waals surface area contributed by atoms with E-state index in [1.54, 1.807) is 60.7 Å². The first-order valence-corrected chi connectivity index (χ1v) is 11.6. The Morgan fingerprint density at radius 2 is 1.10 bits per heavy atom. The minimum atomic E-state index is -0.914. The first-order chi connectivity index (χ1) is 19.4. The summed E-state index contributed by atoms with van der Waals surface area (Å²) in [6, 6.07) is 22.2. The number of H-pyrrole nitrogens is 1. The third-order valence-corrected chi connectivity index (χ3v) is 5.05. The van der Waals surface area contributed by atoms with Crippen molar-refractivity contribution < 1.29 is 38.1 Å². The lowest BCUT2D eigenvalue weighted by Gasteiger charge is -2.05. The number of carbonyl (C=O) groups excluding carboxylic acids is 4. The van der Waals surface area contributed by atoms with Crippen molar-refractivity contribution in [1.29, 1.82) is 0 Å². The van der Waals surface area contributed by atoms with Crippen molar-refractivity contribution in [2.45, 2.75) is 0 Å². The average Bonchev–Trinajstić information content (AvgIpc) is 3.67. The summed E-state index contributed by atoms with van der Waals surface area (Å²) in [6.45, 7) is -0.147. The van der Waals surface area contributed by atoms with Gasteiger partial charge in [-0.1, -0.05) is 36.4 Å². The van der Waals surface area contributed by atoms with Gasteiger partial charge in [-0.2, -0.15) is 4.98 Å². The molecule has 4 aromatic rings. The number of nitrogens with zero attached hydrogens (tertiary/aromatic N) is 4. The van der Waals surface area contributed by atoms with E-state index in [9.17, 15) is 19.2 Å². The predicted molar refractivity (Wildman–Crippen MR) is 137 cm³/mol. The van der Waals surface area contributed by atoms with Crippen LogP contribution in [0.15, 0.2) is 94.9 Å². The monoisotopic (exact) mass is 539 g/mol. The minimum absolute atomic E-state index is 0.0811. The number of aliphatic imine (C=N–C) groups is 2. The molecule has 0 aliphatic carbocycles. The number of benzene rings is 3. The Labute approximate surface area is 225 Å². The molecule has 0 unspecified atom stereocenters. The lowest BCUT2D eigenvalue weighted by atomic mass is 10.3. The first kappa shape index (κ1) is 25.7.